The van der Waals surface area contributed by atoms with Crippen molar-refractivity contribution in [1.82, 2.24) is 10.2 Å². The molecule has 0 spiro atoms. The van der Waals surface area contributed by atoms with Gasteiger partial charge in [0.1, 0.15) is 23.4 Å². The maximum absolute atomic E-state index is 14.7. The van der Waals surface area contributed by atoms with Crippen LogP contribution in [-0.4, -0.2) is 47.1 Å². The van der Waals surface area contributed by atoms with E-state index >= 15 is 0 Å². The van der Waals surface area contributed by atoms with E-state index in [1.54, 1.807) is 57.0 Å². The highest BCUT2D eigenvalue weighted by atomic mass is 16.6. The van der Waals surface area contributed by atoms with Crippen LogP contribution in [0.2, 0.25) is 0 Å². The zero-order valence-corrected chi connectivity index (χ0v) is 26.7. The van der Waals surface area contributed by atoms with Crippen LogP contribution in [0.5, 0.6) is 5.75 Å². The molecule has 2 rings (SSSR count). The lowest BCUT2D eigenvalue weighted by atomic mass is 9.87. The molecule has 0 saturated heterocycles. The van der Waals surface area contributed by atoms with Gasteiger partial charge in [0, 0.05) is 11.2 Å². The highest BCUT2D eigenvalue weighted by Crippen LogP contribution is 2.36. The summed E-state index contributed by atoms with van der Waals surface area (Å²) < 4.78 is 10.8. The molecule has 0 heterocycles. The summed E-state index contributed by atoms with van der Waals surface area (Å²) in [5, 5.41) is 5.86. The molecule has 0 bridgehead atoms. The van der Waals surface area contributed by atoms with Gasteiger partial charge in [0.25, 0.3) is 5.91 Å². The van der Waals surface area contributed by atoms with Crippen LogP contribution in [0.4, 0.5) is 10.5 Å². The lowest BCUT2D eigenvalue weighted by molar-refractivity contribution is -0.148. The Morgan fingerprint density at radius 3 is 2.07 bits per heavy atom. The minimum absolute atomic E-state index is 0.214. The first kappa shape index (κ1) is 33.7. The number of alkyl carbamates (subject to hydrolysis) is 1. The highest BCUT2D eigenvalue weighted by molar-refractivity contribution is 5.99. The second kappa shape index (κ2) is 13.9. The molecule has 8 heteroatoms. The molecule has 2 N–H and O–H groups in total. The third-order valence-corrected chi connectivity index (χ3v) is 7.71. The summed E-state index contributed by atoms with van der Waals surface area (Å²) >= 11 is 0. The zero-order chi connectivity index (χ0) is 31.1. The zero-order valence-electron chi connectivity index (χ0n) is 26.7. The van der Waals surface area contributed by atoms with Crippen LogP contribution in [0.3, 0.4) is 0 Å². The van der Waals surface area contributed by atoms with Gasteiger partial charge in [-0.05, 0) is 102 Å². The molecule has 0 aromatic heterocycles. The Labute approximate surface area is 246 Å². The van der Waals surface area contributed by atoms with Gasteiger partial charge in [-0.1, -0.05) is 45.4 Å². The van der Waals surface area contributed by atoms with Crippen LogP contribution in [0, 0.1) is 19.8 Å². The fourth-order valence-corrected chi connectivity index (χ4v) is 4.57. The summed E-state index contributed by atoms with van der Waals surface area (Å²) in [6, 6.07) is 11.0. The molecule has 0 saturated carbocycles. The predicted molar refractivity (Wildman–Crippen MR) is 164 cm³/mol. The summed E-state index contributed by atoms with van der Waals surface area (Å²) in [5.41, 5.74) is 1.78. The number of hydrogen-bond acceptors (Lipinski definition) is 5. The van der Waals surface area contributed by atoms with Crippen molar-refractivity contribution in [3.05, 3.63) is 59.2 Å². The van der Waals surface area contributed by atoms with E-state index in [0.717, 1.165) is 16.7 Å². The van der Waals surface area contributed by atoms with Gasteiger partial charge in [-0.2, -0.15) is 0 Å². The van der Waals surface area contributed by atoms with E-state index in [0.29, 0.717) is 24.3 Å². The summed E-state index contributed by atoms with van der Waals surface area (Å²) in [7, 11) is 1.58. The largest absolute Gasteiger partial charge is 0.497 e. The quantitative estimate of drug-likeness (QED) is 0.306. The van der Waals surface area contributed by atoms with E-state index in [1.807, 2.05) is 66.7 Å². The van der Waals surface area contributed by atoms with Gasteiger partial charge in [-0.15, -0.1) is 0 Å². The minimum atomic E-state index is -0.966. The molecule has 2 aromatic carbocycles. The molecular formula is C33H49N3O5. The topological polar surface area (TPSA) is 97.0 Å². The van der Waals surface area contributed by atoms with Crippen LogP contribution < -0.4 is 15.4 Å². The minimum Gasteiger partial charge on any atom is -0.497 e. The average Bonchev–Trinajstić information content (AvgIpc) is 2.90. The number of nitrogens with zero attached hydrogens (tertiary/aromatic N) is 1. The normalized spacial score (nSPS) is 13.9. The molecule has 3 unspecified atom stereocenters. The van der Waals surface area contributed by atoms with Gasteiger partial charge in [-0.25, -0.2) is 4.79 Å². The first-order chi connectivity index (χ1) is 19.1. The van der Waals surface area contributed by atoms with Gasteiger partial charge in [0.2, 0.25) is 5.91 Å². The highest BCUT2D eigenvalue weighted by Gasteiger charge is 2.44. The van der Waals surface area contributed by atoms with Crippen molar-refractivity contribution in [3.8, 4) is 5.75 Å². The van der Waals surface area contributed by atoms with Crippen LogP contribution in [-0.2, 0) is 14.3 Å². The lowest BCUT2D eigenvalue weighted by Crippen LogP contribution is -2.60. The fourth-order valence-electron chi connectivity index (χ4n) is 4.57. The monoisotopic (exact) mass is 567 g/mol. The molecule has 0 aliphatic carbocycles. The Morgan fingerprint density at radius 2 is 1.56 bits per heavy atom. The summed E-state index contributed by atoms with van der Waals surface area (Å²) in [6.45, 7) is 19.1. The van der Waals surface area contributed by atoms with Crippen molar-refractivity contribution in [2.24, 2.45) is 5.92 Å². The van der Waals surface area contributed by atoms with Crippen molar-refractivity contribution < 1.29 is 23.9 Å². The van der Waals surface area contributed by atoms with E-state index < -0.39 is 29.3 Å². The molecule has 0 radical (unpaired) electrons. The Hall–Kier alpha value is -3.55. The maximum atomic E-state index is 14.7. The number of aryl methyl sites for hydroxylation is 1. The van der Waals surface area contributed by atoms with Gasteiger partial charge < -0.3 is 25.0 Å². The second-order valence-corrected chi connectivity index (χ2v) is 12.3. The third kappa shape index (κ3) is 8.72. The number of methoxy groups -OCH3 is 1. The van der Waals surface area contributed by atoms with E-state index in [2.05, 4.69) is 10.6 Å². The first-order valence-electron chi connectivity index (χ1n) is 14.4. The van der Waals surface area contributed by atoms with E-state index in [9.17, 15) is 14.4 Å². The van der Waals surface area contributed by atoms with Gasteiger partial charge in [-0.3, -0.25) is 9.59 Å². The van der Waals surface area contributed by atoms with E-state index in [-0.39, 0.29) is 17.7 Å². The number of carbonyl (C=O) groups is 3. The summed E-state index contributed by atoms with van der Waals surface area (Å²) in [5.74, 6) is -0.233. The van der Waals surface area contributed by atoms with Crippen LogP contribution in [0.1, 0.15) is 91.0 Å². The third-order valence-electron chi connectivity index (χ3n) is 7.71. The smallest absolute Gasteiger partial charge is 0.408 e. The average molecular weight is 568 g/mol. The molecule has 0 aliphatic rings. The number of nitrogens with one attached hydrogen (secondary N) is 2. The molecule has 0 aliphatic heterocycles. The number of rotatable bonds is 11. The second-order valence-electron chi connectivity index (χ2n) is 12.3. The molecule has 0 fully saturated rings. The van der Waals surface area contributed by atoms with E-state index in [4.69, 9.17) is 9.47 Å². The van der Waals surface area contributed by atoms with Crippen LogP contribution in [0.15, 0.2) is 42.5 Å². The molecule has 3 amide bonds. The first-order valence-corrected chi connectivity index (χ1v) is 14.4. The maximum Gasteiger partial charge on any atom is 0.408 e. The Morgan fingerprint density at radius 1 is 0.951 bits per heavy atom. The van der Waals surface area contributed by atoms with Crippen LogP contribution >= 0.6 is 0 Å². The molecule has 41 heavy (non-hydrogen) atoms. The summed E-state index contributed by atoms with van der Waals surface area (Å²) in [6.07, 6.45) is 0.547. The SMILES string of the molecule is CCC(C)C(NC(=O)OC(C)(C)C)C(=O)N(C(C(=O)Nc1ccc(OC)cc1)c1cccc(C)c1C)C(C)(C)CC. The van der Waals surface area contributed by atoms with E-state index in [1.165, 1.54) is 0 Å². The predicted octanol–water partition coefficient (Wildman–Crippen LogP) is 6.95. The number of benzene rings is 2. The van der Waals surface area contributed by atoms with Crippen molar-refractivity contribution in [2.75, 3.05) is 12.4 Å². The number of ether oxygens (including phenoxy) is 2. The molecule has 2 aromatic rings. The number of hydrogen-bond donors (Lipinski definition) is 2. The van der Waals surface area contributed by atoms with Crippen LogP contribution in [0.25, 0.3) is 0 Å². The molecule has 3 atom stereocenters. The van der Waals surface area contributed by atoms with Crippen molar-refractivity contribution in [2.45, 2.75) is 105 Å². The van der Waals surface area contributed by atoms with Crippen molar-refractivity contribution in [1.29, 1.82) is 0 Å². The Kier molecular flexibility index (Phi) is 11.4. The van der Waals surface area contributed by atoms with Gasteiger partial charge >= 0.3 is 6.09 Å². The number of amides is 3. The molecular weight excluding hydrogens is 518 g/mol. The summed E-state index contributed by atoms with van der Waals surface area (Å²) in [4.78, 5) is 43.5. The Balaban J connectivity index is 2.70. The number of anilines is 1. The lowest BCUT2D eigenvalue weighted by Gasteiger charge is -2.45. The molecule has 226 valence electrons. The Bertz CT molecular complexity index is 1200. The number of carbonyl (C=O) groups excluding carboxylic acids is 3. The molecule has 8 nitrogen and oxygen atoms in total. The van der Waals surface area contributed by atoms with Gasteiger partial charge in [0.05, 0.1) is 7.11 Å². The fraction of sp³-hybridized carbons (Fsp3) is 0.545. The van der Waals surface area contributed by atoms with Crippen molar-refractivity contribution in [3.63, 3.8) is 0 Å². The van der Waals surface area contributed by atoms with Gasteiger partial charge in [0.15, 0.2) is 0 Å². The van der Waals surface area contributed by atoms with Crippen molar-refractivity contribution >= 4 is 23.6 Å². The standard InChI is InChI=1S/C33H49N3O5/c1-12-21(3)27(35-31(39)41-32(6,7)8)30(38)36(33(9,10)13-2)28(26-16-14-15-22(4)23(26)5)29(37)34-24-17-19-25(40-11)20-18-24/h14-21,27-28H,12-13H2,1-11H3,(H,34,37)(H,35,39).